The third kappa shape index (κ3) is 1.82. The van der Waals surface area contributed by atoms with Crippen molar-refractivity contribution < 1.29 is 0 Å². The fourth-order valence-corrected chi connectivity index (χ4v) is 2.78. The lowest BCUT2D eigenvalue weighted by molar-refractivity contribution is 0.167. The fraction of sp³-hybridized carbons (Fsp3) is 0.571. The Balaban J connectivity index is 1.81. The summed E-state index contributed by atoms with van der Waals surface area (Å²) in [5.74, 6) is 0.747. The van der Waals surface area contributed by atoms with Crippen LogP contribution in [-0.2, 0) is 0 Å². The number of nitrogens with one attached hydrogen (secondary N) is 1. The molecule has 1 aromatic carbocycles. The van der Waals surface area contributed by atoms with Gasteiger partial charge in [0.05, 0.1) is 0 Å². The Morgan fingerprint density at radius 2 is 2.25 bits per heavy atom. The molecule has 2 heteroatoms. The minimum absolute atomic E-state index is 0.747. The third-order valence-electron chi connectivity index (χ3n) is 3.88. The summed E-state index contributed by atoms with van der Waals surface area (Å²) >= 11 is 0. The molecule has 2 aliphatic rings. The van der Waals surface area contributed by atoms with Crippen molar-refractivity contribution in [1.29, 1.82) is 0 Å². The number of rotatable bonds is 2. The van der Waals surface area contributed by atoms with Crippen molar-refractivity contribution in [2.24, 2.45) is 0 Å². The van der Waals surface area contributed by atoms with Gasteiger partial charge >= 0.3 is 0 Å². The highest BCUT2D eigenvalue weighted by Gasteiger charge is 2.24. The molecule has 2 heterocycles. The summed E-state index contributed by atoms with van der Waals surface area (Å²) < 4.78 is 0. The van der Waals surface area contributed by atoms with Crippen LogP contribution in [-0.4, -0.2) is 31.1 Å². The van der Waals surface area contributed by atoms with E-state index in [1.807, 2.05) is 0 Å². The number of hydrogen-bond donors (Lipinski definition) is 1. The molecule has 1 N–H and O–H groups in total. The third-order valence-corrected chi connectivity index (χ3v) is 3.88. The Kier molecular flexibility index (Phi) is 2.60. The smallest absolute Gasteiger partial charge is 0.0378 e. The van der Waals surface area contributed by atoms with Crippen LogP contribution in [0, 0.1) is 6.92 Å². The Labute approximate surface area is 97.6 Å². The molecule has 2 aliphatic heterocycles. The number of fused-ring (bicyclic) bond motifs is 1. The SMILES string of the molecule is Cc1ccc2c(c1)NCCC2CN1CCC1. The van der Waals surface area contributed by atoms with Gasteiger partial charge in [0.15, 0.2) is 0 Å². The molecule has 1 fully saturated rings. The highest BCUT2D eigenvalue weighted by molar-refractivity contribution is 5.56. The molecule has 0 spiro atoms. The van der Waals surface area contributed by atoms with Gasteiger partial charge in [-0.2, -0.15) is 0 Å². The molecule has 16 heavy (non-hydrogen) atoms. The van der Waals surface area contributed by atoms with Crippen molar-refractivity contribution >= 4 is 5.69 Å². The van der Waals surface area contributed by atoms with Crippen molar-refractivity contribution in [3.05, 3.63) is 29.3 Å². The van der Waals surface area contributed by atoms with Crippen LogP contribution in [0.2, 0.25) is 0 Å². The Morgan fingerprint density at radius 1 is 1.38 bits per heavy atom. The van der Waals surface area contributed by atoms with E-state index in [2.05, 4.69) is 35.3 Å². The Bertz CT molecular complexity index is 382. The first kappa shape index (κ1) is 10.2. The molecular formula is C14H20N2. The summed E-state index contributed by atoms with van der Waals surface area (Å²) in [4.78, 5) is 2.58. The van der Waals surface area contributed by atoms with E-state index in [0.29, 0.717) is 0 Å². The second-order valence-electron chi connectivity index (χ2n) is 5.16. The highest BCUT2D eigenvalue weighted by atomic mass is 15.2. The van der Waals surface area contributed by atoms with E-state index in [-0.39, 0.29) is 0 Å². The standard InChI is InChI=1S/C14H20N2/c1-11-3-4-13-12(10-16-7-2-8-16)5-6-15-14(13)9-11/h3-4,9,12,15H,2,5-8,10H2,1H3. The van der Waals surface area contributed by atoms with Crippen molar-refractivity contribution in [3.63, 3.8) is 0 Å². The first-order chi connectivity index (χ1) is 7.83. The zero-order valence-corrected chi connectivity index (χ0v) is 10.00. The van der Waals surface area contributed by atoms with E-state index in [1.165, 1.54) is 49.3 Å². The van der Waals surface area contributed by atoms with Gasteiger partial charge in [-0.15, -0.1) is 0 Å². The summed E-state index contributed by atoms with van der Waals surface area (Å²) in [6.45, 7) is 7.18. The predicted molar refractivity (Wildman–Crippen MR) is 68.1 cm³/mol. The average Bonchev–Trinajstić information content (AvgIpc) is 2.23. The zero-order valence-electron chi connectivity index (χ0n) is 10.00. The number of anilines is 1. The van der Waals surface area contributed by atoms with Gasteiger partial charge in [-0.3, -0.25) is 0 Å². The van der Waals surface area contributed by atoms with E-state index in [0.717, 1.165) is 12.5 Å². The largest absolute Gasteiger partial charge is 0.385 e. The van der Waals surface area contributed by atoms with E-state index in [4.69, 9.17) is 0 Å². The summed E-state index contributed by atoms with van der Waals surface area (Å²) in [6.07, 6.45) is 2.68. The topological polar surface area (TPSA) is 15.3 Å². The Hall–Kier alpha value is -1.02. The van der Waals surface area contributed by atoms with Crippen LogP contribution in [0.4, 0.5) is 5.69 Å². The molecule has 0 amide bonds. The molecule has 0 radical (unpaired) electrons. The van der Waals surface area contributed by atoms with Gasteiger partial charge in [-0.05, 0) is 50.0 Å². The van der Waals surface area contributed by atoms with Gasteiger partial charge in [0, 0.05) is 24.7 Å². The number of likely N-dealkylation sites (tertiary alicyclic amines) is 1. The van der Waals surface area contributed by atoms with Crippen molar-refractivity contribution in [2.75, 3.05) is 31.5 Å². The van der Waals surface area contributed by atoms with Gasteiger partial charge in [0.1, 0.15) is 0 Å². The lowest BCUT2D eigenvalue weighted by Crippen LogP contribution is -2.40. The molecule has 0 saturated carbocycles. The van der Waals surface area contributed by atoms with Crippen LogP contribution in [0.15, 0.2) is 18.2 Å². The van der Waals surface area contributed by atoms with Crippen LogP contribution in [0.1, 0.15) is 29.9 Å². The van der Waals surface area contributed by atoms with Crippen molar-refractivity contribution in [1.82, 2.24) is 4.90 Å². The molecule has 2 nitrogen and oxygen atoms in total. The van der Waals surface area contributed by atoms with Crippen LogP contribution in [0.5, 0.6) is 0 Å². The molecular weight excluding hydrogens is 196 g/mol. The molecule has 1 unspecified atom stereocenters. The summed E-state index contributed by atoms with van der Waals surface area (Å²) in [6, 6.07) is 6.85. The van der Waals surface area contributed by atoms with Gasteiger partial charge in [-0.25, -0.2) is 0 Å². The van der Waals surface area contributed by atoms with Crippen LogP contribution < -0.4 is 5.32 Å². The number of aryl methyl sites for hydroxylation is 1. The molecule has 0 bridgehead atoms. The quantitative estimate of drug-likeness (QED) is 0.817. The molecule has 0 aromatic heterocycles. The molecule has 3 rings (SSSR count). The fourth-order valence-electron chi connectivity index (χ4n) is 2.78. The maximum Gasteiger partial charge on any atom is 0.0378 e. The summed E-state index contributed by atoms with van der Waals surface area (Å²) in [7, 11) is 0. The monoisotopic (exact) mass is 216 g/mol. The number of benzene rings is 1. The second-order valence-corrected chi connectivity index (χ2v) is 5.16. The summed E-state index contributed by atoms with van der Waals surface area (Å²) in [5.41, 5.74) is 4.26. The van der Waals surface area contributed by atoms with Gasteiger partial charge < -0.3 is 10.2 Å². The van der Waals surface area contributed by atoms with E-state index in [9.17, 15) is 0 Å². The highest BCUT2D eigenvalue weighted by Crippen LogP contribution is 2.33. The van der Waals surface area contributed by atoms with E-state index >= 15 is 0 Å². The molecule has 1 saturated heterocycles. The van der Waals surface area contributed by atoms with Gasteiger partial charge in [0.2, 0.25) is 0 Å². The summed E-state index contributed by atoms with van der Waals surface area (Å²) in [5, 5.41) is 3.52. The number of hydrogen-bond acceptors (Lipinski definition) is 2. The predicted octanol–water partition coefficient (Wildman–Crippen LogP) is 2.60. The minimum atomic E-state index is 0.747. The Morgan fingerprint density at radius 3 is 3.00 bits per heavy atom. The average molecular weight is 216 g/mol. The second kappa shape index (κ2) is 4.10. The normalized spacial score (nSPS) is 24.4. The van der Waals surface area contributed by atoms with Crippen LogP contribution in [0.25, 0.3) is 0 Å². The number of nitrogens with zero attached hydrogens (tertiary/aromatic N) is 1. The van der Waals surface area contributed by atoms with Gasteiger partial charge in [-0.1, -0.05) is 12.1 Å². The van der Waals surface area contributed by atoms with Crippen LogP contribution >= 0.6 is 0 Å². The van der Waals surface area contributed by atoms with E-state index < -0.39 is 0 Å². The van der Waals surface area contributed by atoms with E-state index in [1.54, 1.807) is 0 Å². The zero-order chi connectivity index (χ0) is 11.0. The van der Waals surface area contributed by atoms with Crippen molar-refractivity contribution in [2.45, 2.75) is 25.7 Å². The molecule has 1 aromatic rings. The maximum absolute atomic E-state index is 3.52. The molecule has 1 atom stereocenters. The van der Waals surface area contributed by atoms with Crippen LogP contribution in [0.3, 0.4) is 0 Å². The lowest BCUT2D eigenvalue weighted by Gasteiger charge is -2.36. The van der Waals surface area contributed by atoms with Crippen molar-refractivity contribution in [3.8, 4) is 0 Å². The lowest BCUT2D eigenvalue weighted by atomic mass is 9.89. The molecule has 86 valence electrons. The first-order valence-corrected chi connectivity index (χ1v) is 6.40. The maximum atomic E-state index is 3.52. The minimum Gasteiger partial charge on any atom is -0.385 e. The van der Waals surface area contributed by atoms with Gasteiger partial charge in [0.25, 0.3) is 0 Å². The first-order valence-electron chi connectivity index (χ1n) is 6.40. The molecule has 0 aliphatic carbocycles.